The Bertz CT molecular complexity index is 1550. The predicted octanol–water partition coefficient (Wildman–Crippen LogP) is 3.44. The molecular formula is C24H18N4O7S. The number of aromatic nitrogens is 1. The van der Waals surface area contributed by atoms with Crippen LogP contribution in [0.3, 0.4) is 0 Å². The van der Waals surface area contributed by atoms with Crippen LogP contribution in [0.25, 0.3) is 10.9 Å². The molecule has 1 amide bonds. The van der Waals surface area contributed by atoms with Crippen LogP contribution in [0.15, 0.2) is 95.1 Å². The van der Waals surface area contributed by atoms with E-state index < -0.39 is 20.9 Å². The zero-order valence-corrected chi connectivity index (χ0v) is 19.3. The predicted molar refractivity (Wildman–Crippen MR) is 130 cm³/mol. The van der Waals surface area contributed by atoms with Gasteiger partial charge in [0.1, 0.15) is 21.9 Å². The van der Waals surface area contributed by atoms with Crippen molar-refractivity contribution in [3.05, 3.63) is 101 Å². The molecule has 1 aromatic heterocycles. The number of nitrogens with one attached hydrogen (secondary N) is 1. The lowest BCUT2D eigenvalue weighted by Gasteiger charge is -2.08. The number of nitro benzene ring substituents is 1. The highest BCUT2D eigenvalue weighted by molar-refractivity contribution is 7.87. The molecule has 0 saturated heterocycles. The Hall–Kier alpha value is -4.84. The molecular weight excluding hydrogens is 488 g/mol. The maximum Gasteiger partial charge on any atom is 0.339 e. The van der Waals surface area contributed by atoms with E-state index in [1.807, 2.05) is 12.1 Å². The Morgan fingerprint density at radius 1 is 1.06 bits per heavy atom. The van der Waals surface area contributed by atoms with Gasteiger partial charge >= 0.3 is 10.1 Å². The summed E-state index contributed by atoms with van der Waals surface area (Å²) in [5.41, 5.74) is 3.17. The van der Waals surface area contributed by atoms with E-state index in [-0.39, 0.29) is 22.9 Å². The lowest BCUT2D eigenvalue weighted by Crippen LogP contribution is -2.24. The van der Waals surface area contributed by atoms with E-state index in [0.717, 1.165) is 29.7 Å². The Balaban J connectivity index is 1.34. The van der Waals surface area contributed by atoms with Crippen LogP contribution in [-0.4, -0.2) is 37.1 Å². The second-order valence-corrected chi connectivity index (χ2v) is 8.82. The molecule has 0 saturated carbocycles. The fourth-order valence-electron chi connectivity index (χ4n) is 3.10. The van der Waals surface area contributed by atoms with Gasteiger partial charge in [0.25, 0.3) is 11.6 Å². The molecule has 36 heavy (non-hydrogen) atoms. The third-order valence-electron chi connectivity index (χ3n) is 4.76. The van der Waals surface area contributed by atoms with Crippen molar-refractivity contribution in [2.75, 3.05) is 6.61 Å². The molecule has 0 fully saturated rings. The van der Waals surface area contributed by atoms with Crippen LogP contribution in [0.1, 0.15) is 5.56 Å². The summed E-state index contributed by atoms with van der Waals surface area (Å²) in [6.07, 6.45) is 2.94. The summed E-state index contributed by atoms with van der Waals surface area (Å²) < 4.78 is 35.6. The number of pyridine rings is 1. The number of amides is 1. The summed E-state index contributed by atoms with van der Waals surface area (Å²) in [5.74, 6) is -0.0472. The summed E-state index contributed by atoms with van der Waals surface area (Å²) >= 11 is 0. The summed E-state index contributed by atoms with van der Waals surface area (Å²) in [6.45, 7) is -0.288. The number of non-ortho nitro benzene ring substituents is 1. The maximum absolute atomic E-state index is 12.5. The van der Waals surface area contributed by atoms with E-state index >= 15 is 0 Å². The van der Waals surface area contributed by atoms with Crippen LogP contribution in [0.2, 0.25) is 0 Å². The topological polar surface area (TPSA) is 150 Å². The second kappa shape index (κ2) is 10.6. The van der Waals surface area contributed by atoms with Crippen LogP contribution in [0, 0.1) is 10.1 Å². The zero-order valence-electron chi connectivity index (χ0n) is 18.5. The van der Waals surface area contributed by atoms with Crippen LogP contribution < -0.4 is 14.3 Å². The minimum atomic E-state index is -4.21. The number of nitro groups is 1. The Morgan fingerprint density at radius 3 is 2.58 bits per heavy atom. The Morgan fingerprint density at radius 2 is 1.81 bits per heavy atom. The monoisotopic (exact) mass is 506 g/mol. The molecule has 1 N–H and O–H groups in total. The largest absolute Gasteiger partial charge is 0.481 e. The molecule has 0 atom stereocenters. The summed E-state index contributed by atoms with van der Waals surface area (Å²) in [7, 11) is -4.21. The Labute approximate surface area is 205 Å². The molecule has 0 radical (unpaired) electrons. The van der Waals surface area contributed by atoms with Crippen LogP contribution >= 0.6 is 0 Å². The first-order valence-corrected chi connectivity index (χ1v) is 11.8. The highest BCUT2D eigenvalue weighted by Crippen LogP contribution is 2.23. The first-order chi connectivity index (χ1) is 17.3. The van der Waals surface area contributed by atoms with Gasteiger partial charge in [-0.25, -0.2) is 5.43 Å². The smallest absolute Gasteiger partial charge is 0.339 e. The van der Waals surface area contributed by atoms with Gasteiger partial charge in [0.05, 0.1) is 11.1 Å². The number of fused-ring (bicyclic) bond motifs is 1. The molecule has 0 aliphatic rings. The number of benzene rings is 3. The normalized spacial score (nSPS) is 11.3. The van der Waals surface area contributed by atoms with Crippen LogP contribution in [-0.2, 0) is 14.9 Å². The van der Waals surface area contributed by atoms with Gasteiger partial charge in [-0.2, -0.15) is 13.5 Å². The van der Waals surface area contributed by atoms with Gasteiger partial charge in [0.15, 0.2) is 6.61 Å². The third-order valence-corrected chi connectivity index (χ3v) is 6.02. The number of carbonyl (C=O) groups excluding carboxylic acids is 1. The molecule has 0 bridgehead atoms. The molecule has 0 aliphatic carbocycles. The summed E-state index contributed by atoms with van der Waals surface area (Å²) in [5, 5.41) is 15.5. The molecule has 0 unspecified atom stereocenters. The standard InChI is InChI=1S/C24H18N4O7S/c29-23(16-34-22-8-2-5-18-6-3-13-25-24(18)22)27-26-15-17-4-1-7-20(14-17)35-36(32,33)21-11-9-19(10-12-21)28(30)31/h1-15H,16H2,(H,27,29)/b26-15-. The summed E-state index contributed by atoms with van der Waals surface area (Å²) in [6, 6.07) is 19.4. The number of rotatable bonds is 9. The number of hydrogen-bond donors (Lipinski definition) is 1. The van der Waals surface area contributed by atoms with Gasteiger partial charge in [-0.3, -0.25) is 19.9 Å². The van der Waals surface area contributed by atoms with E-state index in [2.05, 4.69) is 15.5 Å². The Kier molecular flexibility index (Phi) is 7.16. The molecule has 4 rings (SSSR count). The van der Waals surface area contributed by atoms with Crippen molar-refractivity contribution in [3.8, 4) is 11.5 Å². The zero-order chi connectivity index (χ0) is 25.5. The quantitative estimate of drug-likeness (QED) is 0.157. The third kappa shape index (κ3) is 5.98. The van der Waals surface area contributed by atoms with Crippen molar-refractivity contribution in [1.82, 2.24) is 10.4 Å². The van der Waals surface area contributed by atoms with Crippen molar-refractivity contribution < 1.29 is 27.1 Å². The summed E-state index contributed by atoms with van der Waals surface area (Å²) in [4.78, 5) is 26.2. The highest BCUT2D eigenvalue weighted by Gasteiger charge is 2.18. The molecule has 3 aromatic carbocycles. The van der Waals surface area contributed by atoms with Gasteiger partial charge < -0.3 is 8.92 Å². The van der Waals surface area contributed by atoms with Crippen molar-refractivity contribution in [3.63, 3.8) is 0 Å². The van der Waals surface area contributed by atoms with Crippen molar-refractivity contribution >= 4 is 38.8 Å². The van der Waals surface area contributed by atoms with Crippen molar-refractivity contribution in [1.29, 1.82) is 0 Å². The fraction of sp³-hybridized carbons (Fsp3) is 0.0417. The highest BCUT2D eigenvalue weighted by atomic mass is 32.2. The first kappa shape index (κ1) is 24.3. The number of carbonyl (C=O) groups is 1. The number of ether oxygens (including phenoxy) is 1. The fourth-order valence-corrected chi connectivity index (χ4v) is 4.03. The van der Waals surface area contributed by atoms with E-state index in [4.69, 9.17) is 8.92 Å². The van der Waals surface area contributed by atoms with Gasteiger partial charge in [0, 0.05) is 23.7 Å². The van der Waals surface area contributed by atoms with Gasteiger partial charge in [-0.05, 0) is 42.0 Å². The number of hydrazone groups is 1. The van der Waals surface area contributed by atoms with Crippen molar-refractivity contribution in [2.24, 2.45) is 5.10 Å². The van der Waals surface area contributed by atoms with Crippen molar-refractivity contribution in [2.45, 2.75) is 4.90 Å². The maximum atomic E-state index is 12.5. The molecule has 12 heteroatoms. The van der Waals surface area contributed by atoms with Gasteiger partial charge in [0.2, 0.25) is 0 Å². The molecule has 0 aliphatic heterocycles. The van der Waals surface area contributed by atoms with Gasteiger partial charge in [-0.15, -0.1) is 0 Å². The minimum Gasteiger partial charge on any atom is -0.481 e. The lowest BCUT2D eigenvalue weighted by molar-refractivity contribution is -0.384. The van der Waals surface area contributed by atoms with E-state index in [0.29, 0.717) is 16.8 Å². The molecule has 0 spiro atoms. The van der Waals surface area contributed by atoms with E-state index in [9.17, 15) is 23.3 Å². The van der Waals surface area contributed by atoms with E-state index in [1.165, 1.54) is 18.3 Å². The number of hydrogen-bond acceptors (Lipinski definition) is 9. The lowest BCUT2D eigenvalue weighted by atomic mass is 10.2. The molecule has 11 nitrogen and oxygen atoms in total. The van der Waals surface area contributed by atoms with Crippen LogP contribution in [0.5, 0.6) is 11.5 Å². The number of nitrogens with zero attached hydrogens (tertiary/aromatic N) is 3. The van der Waals surface area contributed by atoms with E-state index in [1.54, 1.807) is 36.5 Å². The second-order valence-electron chi connectivity index (χ2n) is 7.27. The molecule has 1 heterocycles. The average molecular weight is 506 g/mol. The minimum absolute atomic E-state index is 0.00424. The first-order valence-electron chi connectivity index (χ1n) is 10.4. The van der Waals surface area contributed by atoms with Crippen LogP contribution in [0.4, 0.5) is 5.69 Å². The molecule has 182 valence electrons. The SMILES string of the molecule is O=C(COc1cccc2cccnc12)N/N=C\c1cccc(OS(=O)(=O)c2ccc([N+](=O)[O-])cc2)c1. The molecule has 4 aromatic rings. The number of para-hydroxylation sites is 1. The average Bonchev–Trinajstić information content (AvgIpc) is 2.87. The van der Waals surface area contributed by atoms with Gasteiger partial charge in [-0.1, -0.05) is 30.3 Å².